The third kappa shape index (κ3) is 2.96. The van der Waals surface area contributed by atoms with Crippen molar-refractivity contribution in [3.05, 3.63) is 17.0 Å². The van der Waals surface area contributed by atoms with E-state index in [1.807, 2.05) is 11.6 Å². The highest BCUT2D eigenvalue weighted by molar-refractivity contribution is 5.87. The number of nitrogens with zero attached hydrogens (tertiary/aromatic N) is 2. The van der Waals surface area contributed by atoms with Gasteiger partial charge in [0.05, 0.1) is 0 Å². The van der Waals surface area contributed by atoms with E-state index in [0.717, 1.165) is 63.1 Å². The third-order valence-corrected chi connectivity index (χ3v) is 4.54. The van der Waals surface area contributed by atoms with E-state index in [0.29, 0.717) is 12.1 Å². The number of nitrogens with one attached hydrogen (secondary N) is 1. The van der Waals surface area contributed by atoms with Gasteiger partial charge in [-0.1, -0.05) is 0 Å². The summed E-state index contributed by atoms with van der Waals surface area (Å²) < 4.78 is 7.23. The molecular formula is C15H23N3O3. The van der Waals surface area contributed by atoms with Crippen LogP contribution in [0, 0.1) is 0 Å². The Hall–Kier alpha value is -1.40. The van der Waals surface area contributed by atoms with Crippen molar-refractivity contribution in [1.82, 2.24) is 15.1 Å². The van der Waals surface area contributed by atoms with Crippen molar-refractivity contribution in [3.63, 3.8) is 0 Å². The predicted octanol–water partition coefficient (Wildman–Crippen LogP) is 1.23. The van der Waals surface area contributed by atoms with E-state index in [1.165, 1.54) is 0 Å². The van der Waals surface area contributed by atoms with Gasteiger partial charge in [-0.2, -0.15) is 5.10 Å². The number of carboxylic acids is 1. The first-order valence-corrected chi connectivity index (χ1v) is 7.84. The minimum absolute atomic E-state index is 0.241. The van der Waals surface area contributed by atoms with Gasteiger partial charge in [0.25, 0.3) is 0 Å². The van der Waals surface area contributed by atoms with E-state index >= 15 is 0 Å². The average molecular weight is 293 g/mol. The lowest BCUT2D eigenvalue weighted by Gasteiger charge is -2.31. The Morgan fingerprint density at radius 1 is 1.38 bits per heavy atom. The Labute approximate surface area is 124 Å². The molecule has 6 nitrogen and oxygen atoms in total. The van der Waals surface area contributed by atoms with Crippen molar-refractivity contribution in [2.24, 2.45) is 0 Å². The van der Waals surface area contributed by atoms with E-state index in [1.54, 1.807) is 0 Å². The molecule has 0 spiro atoms. The molecule has 2 aliphatic rings. The number of rotatable bonds is 4. The first-order valence-electron chi connectivity index (χ1n) is 7.84. The molecule has 0 unspecified atom stereocenters. The van der Waals surface area contributed by atoms with Crippen molar-refractivity contribution in [2.45, 2.75) is 57.7 Å². The highest BCUT2D eigenvalue weighted by atomic mass is 16.5. The fraction of sp³-hybridized carbons (Fsp3) is 0.733. The summed E-state index contributed by atoms with van der Waals surface area (Å²) in [6, 6.07) is 0.855. The minimum Gasteiger partial charge on any atom is -0.476 e. The van der Waals surface area contributed by atoms with Gasteiger partial charge in [-0.25, -0.2) is 4.79 Å². The maximum absolute atomic E-state index is 11.4. The SMILES string of the molecule is CCn1nc(C(=O)O)c2c1CC[C@@H](NC1CCOCC1)C2. The fourth-order valence-electron chi connectivity index (χ4n) is 3.46. The van der Waals surface area contributed by atoms with Crippen LogP contribution in [-0.2, 0) is 24.1 Å². The minimum atomic E-state index is -0.912. The van der Waals surface area contributed by atoms with Gasteiger partial charge in [0.2, 0.25) is 0 Å². The van der Waals surface area contributed by atoms with Gasteiger partial charge in [-0.15, -0.1) is 0 Å². The van der Waals surface area contributed by atoms with Crippen molar-refractivity contribution < 1.29 is 14.6 Å². The van der Waals surface area contributed by atoms with E-state index in [4.69, 9.17) is 4.74 Å². The van der Waals surface area contributed by atoms with Gasteiger partial charge in [0.15, 0.2) is 5.69 Å². The second-order valence-electron chi connectivity index (χ2n) is 5.89. The number of ether oxygens (including phenoxy) is 1. The van der Waals surface area contributed by atoms with Crippen molar-refractivity contribution >= 4 is 5.97 Å². The van der Waals surface area contributed by atoms with E-state index in [2.05, 4.69) is 10.4 Å². The molecule has 0 aromatic carbocycles. The molecule has 1 saturated heterocycles. The van der Waals surface area contributed by atoms with E-state index in [9.17, 15) is 9.90 Å². The second-order valence-corrected chi connectivity index (χ2v) is 5.89. The summed E-state index contributed by atoms with van der Waals surface area (Å²) in [5.74, 6) is -0.912. The van der Waals surface area contributed by atoms with Crippen LogP contribution in [0.25, 0.3) is 0 Å². The number of carbonyl (C=O) groups is 1. The van der Waals surface area contributed by atoms with Crippen LogP contribution in [-0.4, -0.2) is 46.2 Å². The molecule has 0 amide bonds. The van der Waals surface area contributed by atoms with Crippen molar-refractivity contribution in [2.75, 3.05) is 13.2 Å². The summed E-state index contributed by atoms with van der Waals surface area (Å²) in [4.78, 5) is 11.4. The van der Waals surface area contributed by atoms with Crippen LogP contribution in [0.3, 0.4) is 0 Å². The maximum Gasteiger partial charge on any atom is 0.356 e. The molecule has 21 heavy (non-hydrogen) atoms. The van der Waals surface area contributed by atoms with Crippen LogP contribution >= 0.6 is 0 Å². The second kappa shape index (κ2) is 6.15. The number of hydrogen-bond donors (Lipinski definition) is 2. The zero-order chi connectivity index (χ0) is 14.8. The number of carboxylic acid groups (broad SMARTS) is 1. The molecule has 0 radical (unpaired) electrons. The van der Waals surface area contributed by atoms with Crippen LogP contribution in [0.2, 0.25) is 0 Å². The summed E-state index contributed by atoms with van der Waals surface area (Å²) in [7, 11) is 0. The topological polar surface area (TPSA) is 76.4 Å². The zero-order valence-electron chi connectivity index (χ0n) is 12.5. The average Bonchev–Trinajstić information content (AvgIpc) is 2.86. The summed E-state index contributed by atoms with van der Waals surface area (Å²) in [6.07, 6.45) is 4.82. The summed E-state index contributed by atoms with van der Waals surface area (Å²) in [6.45, 7) is 4.38. The van der Waals surface area contributed by atoms with Gasteiger partial charge in [-0.3, -0.25) is 4.68 Å². The smallest absolute Gasteiger partial charge is 0.356 e. The molecule has 1 aromatic heterocycles. The molecule has 6 heteroatoms. The fourth-order valence-corrected chi connectivity index (χ4v) is 3.46. The molecule has 1 aromatic rings. The summed E-state index contributed by atoms with van der Waals surface area (Å²) >= 11 is 0. The molecule has 1 aliphatic carbocycles. The third-order valence-electron chi connectivity index (χ3n) is 4.54. The highest BCUT2D eigenvalue weighted by Gasteiger charge is 2.29. The van der Waals surface area contributed by atoms with E-state index in [-0.39, 0.29) is 5.69 Å². The van der Waals surface area contributed by atoms with Crippen LogP contribution in [0.4, 0.5) is 0 Å². The lowest BCUT2D eigenvalue weighted by Crippen LogP contribution is -2.44. The lowest BCUT2D eigenvalue weighted by atomic mass is 9.90. The Bertz CT molecular complexity index is 520. The normalized spacial score (nSPS) is 23.0. The van der Waals surface area contributed by atoms with Crippen LogP contribution < -0.4 is 5.32 Å². The van der Waals surface area contributed by atoms with Crippen LogP contribution in [0.15, 0.2) is 0 Å². The molecular weight excluding hydrogens is 270 g/mol. The number of aromatic carboxylic acids is 1. The first-order chi connectivity index (χ1) is 10.2. The molecule has 3 rings (SSSR count). The molecule has 1 fully saturated rings. The van der Waals surface area contributed by atoms with Gasteiger partial charge >= 0.3 is 5.97 Å². The maximum atomic E-state index is 11.4. The van der Waals surface area contributed by atoms with E-state index < -0.39 is 5.97 Å². The lowest BCUT2D eigenvalue weighted by molar-refractivity contribution is 0.0687. The quantitative estimate of drug-likeness (QED) is 0.873. The molecule has 1 aliphatic heterocycles. The van der Waals surface area contributed by atoms with Crippen LogP contribution in [0.5, 0.6) is 0 Å². The largest absolute Gasteiger partial charge is 0.476 e. The van der Waals surface area contributed by atoms with Gasteiger partial charge in [0, 0.05) is 43.1 Å². The Kier molecular flexibility index (Phi) is 4.26. The Morgan fingerprint density at radius 2 is 2.14 bits per heavy atom. The van der Waals surface area contributed by atoms with Gasteiger partial charge in [-0.05, 0) is 39.0 Å². The van der Waals surface area contributed by atoms with Gasteiger partial charge < -0.3 is 15.2 Å². The number of hydrogen-bond acceptors (Lipinski definition) is 4. The van der Waals surface area contributed by atoms with Crippen molar-refractivity contribution in [3.8, 4) is 0 Å². The summed E-state index contributed by atoms with van der Waals surface area (Å²) in [5, 5.41) is 17.3. The Morgan fingerprint density at radius 3 is 2.81 bits per heavy atom. The molecule has 0 bridgehead atoms. The molecule has 2 heterocycles. The standard InChI is InChI=1S/C15H23N3O3/c1-2-18-13-4-3-11(16-10-5-7-21-8-6-10)9-12(13)14(17-18)15(19)20/h10-11,16H,2-9H2,1H3,(H,19,20)/t11-/m1/s1. The number of aromatic nitrogens is 2. The zero-order valence-corrected chi connectivity index (χ0v) is 12.5. The molecule has 0 saturated carbocycles. The van der Waals surface area contributed by atoms with Crippen LogP contribution in [0.1, 0.15) is 47.9 Å². The molecule has 1 atom stereocenters. The number of fused-ring (bicyclic) bond motifs is 1. The van der Waals surface area contributed by atoms with Crippen molar-refractivity contribution in [1.29, 1.82) is 0 Å². The van der Waals surface area contributed by atoms with Gasteiger partial charge in [0.1, 0.15) is 0 Å². The summed E-state index contributed by atoms with van der Waals surface area (Å²) in [5.41, 5.74) is 2.28. The predicted molar refractivity (Wildman–Crippen MR) is 77.7 cm³/mol. The first kappa shape index (κ1) is 14.5. The highest BCUT2D eigenvalue weighted by Crippen LogP contribution is 2.26. The number of aryl methyl sites for hydroxylation is 1. The monoisotopic (exact) mass is 293 g/mol. The Balaban J connectivity index is 1.74. The molecule has 116 valence electrons. The molecule has 2 N–H and O–H groups in total.